The molecule has 1 fully saturated rings. The van der Waals surface area contributed by atoms with Gasteiger partial charge in [-0.15, -0.1) is 0 Å². The summed E-state index contributed by atoms with van der Waals surface area (Å²) in [7, 11) is 0. The summed E-state index contributed by atoms with van der Waals surface area (Å²) in [6.07, 6.45) is 5.43. The van der Waals surface area contributed by atoms with Gasteiger partial charge in [0.2, 0.25) is 0 Å². The van der Waals surface area contributed by atoms with Crippen molar-refractivity contribution in [3.8, 4) is 0 Å². The monoisotopic (exact) mass is 295 g/mol. The first-order chi connectivity index (χ1) is 9.70. The van der Waals surface area contributed by atoms with E-state index in [0.717, 1.165) is 0 Å². The molecule has 6 nitrogen and oxygen atoms in total. The van der Waals surface area contributed by atoms with E-state index in [1.54, 1.807) is 23.1 Å². The number of carbonyl (C=O) groups is 1. The van der Waals surface area contributed by atoms with E-state index in [0.29, 0.717) is 38.3 Å². The van der Waals surface area contributed by atoms with Crippen molar-refractivity contribution in [1.82, 2.24) is 9.80 Å². The smallest absolute Gasteiger partial charge is 0.410 e. The molecule has 0 bridgehead atoms. The van der Waals surface area contributed by atoms with E-state index in [9.17, 15) is 9.90 Å². The number of aliphatic hydroxyl groups is 1. The Bertz CT molecular complexity index is 459. The van der Waals surface area contributed by atoms with E-state index in [4.69, 9.17) is 10.5 Å². The van der Waals surface area contributed by atoms with E-state index in [2.05, 4.69) is 0 Å². The summed E-state index contributed by atoms with van der Waals surface area (Å²) in [5.74, 6) is 0. The molecule has 1 heterocycles. The lowest BCUT2D eigenvalue weighted by Crippen LogP contribution is -2.58. The molecular formula is C15H25N3O3. The minimum atomic E-state index is -1.04. The number of nitrogens with zero attached hydrogens (tertiary/aromatic N) is 2. The van der Waals surface area contributed by atoms with Gasteiger partial charge in [-0.1, -0.05) is 6.08 Å². The summed E-state index contributed by atoms with van der Waals surface area (Å²) in [5.41, 5.74) is 4.93. The number of rotatable bonds is 1. The van der Waals surface area contributed by atoms with Crippen LogP contribution in [0.1, 0.15) is 27.2 Å². The third-order valence-electron chi connectivity index (χ3n) is 3.62. The molecule has 0 saturated carbocycles. The fourth-order valence-corrected chi connectivity index (χ4v) is 2.56. The van der Waals surface area contributed by atoms with Crippen LogP contribution in [0, 0.1) is 0 Å². The van der Waals surface area contributed by atoms with Crippen molar-refractivity contribution >= 4 is 6.09 Å². The van der Waals surface area contributed by atoms with Crippen molar-refractivity contribution in [2.24, 2.45) is 5.73 Å². The molecule has 6 heteroatoms. The van der Waals surface area contributed by atoms with E-state index in [-0.39, 0.29) is 6.09 Å². The van der Waals surface area contributed by atoms with Crippen LogP contribution >= 0.6 is 0 Å². The first-order valence-electron chi connectivity index (χ1n) is 7.29. The van der Waals surface area contributed by atoms with Gasteiger partial charge in [-0.05, 0) is 32.9 Å². The Kier molecular flexibility index (Phi) is 4.30. The number of allylic oxidation sites excluding steroid dienone is 2. The van der Waals surface area contributed by atoms with E-state index in [1.165, 1.54) is 0 Å². The van der Waals surface area contributed by atoms with Gasteiger partial charge in [0.15, 0.2) is 0 Å². The number of hydrogen-bond acceptors (Lipinski definition) is 5. The summed E-state index contributed by atoms with van der Waals surface area (Å²) in [5, 5.41) is 10.7. The van der Waals surface area contributed by atoms with Gasteiger partial charge in [0.1, 0.15) is 11.3 Å². The second-order valence-corrected chi connectivity index (χ2v) is 6.61. The Hall–Kier alpha value is -1.53. The Morgan fingerprint density at radius 3 is 2.48 bits per heavy atom. The molecule has 1 atom stereocenters. The number of hydrogen-bond donors (Lipinski definition) is 2. The molecule has 1 amide bonds. The molecule has 1 aliphatic heterocycles. The molecule has 0 aromatic heterocycles. The zero-order valence-electron chi connectivity index (χ0n) is 13.0. The maximum absolute atomic E-state index is 12.0. The highest BCUT2D eigenvalue weighted by molar-refractivity contribution is 5.68. The van der Waals surface area contributed by atoms with Crippen molar-refractivity contribution in [2.45, 2.75) is 38.5 Å². The van der Waals surface area contributed by atoms with Crippen LogP contribution < -0.4 is 5.73 Å². The van der Waals surface area contributed by atoms with Crippen LogP contribution in [0.4, 0.5) is 4.79 Å². The van der Waals surface area contributed by atoms with Gasteiger partial charge in [0.05, 0.1) is 0 Å². The normalized spacial score (nSPS) is 27.4. The average Bonchev–Trinajstić information content (AvgIpc) is 2.36. The number of ether oxygens (including phenoxy) is 1. The van der Waals surface area contributed by atoms with Crippen LogP contribution in [0.3, 0.4) is 0 Å². The van der Waals surface area contributed by atoms with E-state index in [1.807, 2.05) is 25.7 Å². The molecular weight excluding hydrogens is 270 g/mol. The van der Waals surface area contributed by atoms with Crippen molar-refractivity contribution < 1.29 is 14.6 Å². The molecule has 2 aliphatic rings. The zero-order valence-corrected chi connectivity index (χ0v) is 13.0. The minimum Gasteiger partial charge on any atom is -0.444 e. The number of piperazine rings is 1. The average molecular weight is 295 g/mol. The molecule has 0 spiro atoms. The molecule has 0 aromatic rings. The van der Waals surface area contributed by atoms with Crippen molar-refractivity contribution in [2.75, 3.05) is 26.2 Å². The van der Waals surface area contributed by atoms with Gasteiger partial charge in [-0.2, -0.15) is 0 Å². The Morgan fingerprint density at radius 2 is 1.95 bits per heavy atom. The first-order valence-corrected chi connectivity index (χ1v) is 7.29. The van der Waals surface area contributed by atoms with Crippen LogP contribution in [0.2, 0.25) is 0 Å². The van der Waals surface area contributed by atoms with Crippen LogP contribution in [0.25, 0.3) is 0 Å². The minimum absolute atomic E-state index is 0.298. The highest BCUT2D eigenvalue weighted by Crippen LogP contribution is 2.26. The lowest BCUT2D eigenvalue weighted by Gasteiger charge is -2.44. The van der Waals surface area contributed by atoms with Crippen LogP contribution in [-0.2, 0) is 4.74 Å². The predicted molar refractivity (Wildman–Crippen MR) is 80.4 cm³/mol. The van der Waals surface area contributed by atoms with Crippen LogP contribution in [0.15, 0.2) is 23.9 Å². The van der Waals surface area contributed by atoms with Crippen molar-refractivity contribution in [3.05, 3.63) is 23.9 Å². The number of nitrogens with two attached hydrogens (primary N) is 1. The molecule has 2 rings (SSSR count). The molecule has 1 aliphatic carbocycles. The highest BCUT2D eigenvalue weighted by Gasteiger charge is 2.37. The summed E-state index contributed by atoms with van der Waals surface area (Å²) in [6.45, 7) is 7.81. The quantitative estimate of drug-likeness (QED) is 0.755. The largest absolute Gasteiger partial charge is 0.444 e. The topological polar surface area (TPSA) is 79.0 Å². The van der Waals surface area contributed by atoms with Crippen LogP contribution in [0.5, 0.6) is 0 Å². The summed E-state index contributed by atoms with van der Waals surface area (Å²) < 4.78 is 5.36. The van der Waals surface area contributed by atoms with Gasteiger partial charge >= 0.3 is 6.09 Å². The second kappa shape index (κ2) is 5.69. The standard InChI is InChI=1S/C15H25N3O3/c1-14(2,3)21-13(19)17-7-9-18(10-8-17)15(20)6-4-5-12(16)11-15/h4-6,20H,7-11,16H2,1-3H3. The van der Waals surface area contributed by atoms with Gasteiger partial charge in [0, 0.05) is 38.3 Å². The summed E-state index contributed by atoms with van der Waals surface area (Å²) >= 11 is 0. The third-order valence-corrected chi connectivity index (χ3v) is 3.62. The first kappa shape index (κ1) is 15.9. The predicted octanol–water partition coefficient (Wildman–Crippen LogP) is 1.03. The Labute approximate surface area is 125 Å². The van der Waals surface area contributed by atoms with Crippen molar-refractivity contribution in [1.29, 1.82) is 0 Å². The van der Waals surface area contributed by atoms with E-state index < -0.39 is 11.3 Å². The summed E-state index contributed by atoms with van der Waals surface area (Å²) in [6, 6.07) is 0. The van der Waals surface area contributed by atoms with Gasteiger partial charge in [-0.25, -0.2) is 4.79 Å². The highest BCUT2D eigenvalue weighted by atomic mass is 16.6. The fourth-order valence-electron chi connectivity index (χ4n) is 2.56. The third kappa shape index (κ3) is 3.98. The van der Waals surface area contributed by atoms with Crippen LogP contribution in [-0.4, -0.2) is 58.5 Å². The summed E-state index contributed by atoms with van der Waals surface area (Å²) in [4.78, 5) is 15.6. The molecule has 0 aromatic carbocycles. The lowest BCUT2D eigenvalue weighted by molar-refractivity contribution is -0.0883. The SMILES string of the molecule is CC(C)(C)OC(=O)N1CCN(C2(O)C=CC=C(N)C2)CC1. The van der Waals surface area contributed by atoms with Crippen molar-refractivity contribution in [3.63, 3.8) is 0 Å². The molecule has 1 saturated heterocycles. The molecule has 118 valence electrons. The molecule has 3 N–H and O–H groups in total. The zero-order chi connectivity index (χ0) is 15.7. The Balaban J connectivity index is 1.90. The van der Waals surface area contributed by atoms with Gasteiger partial charge in [0.25, 0.3) is 0 Å². The van der Waals surface area contributed by atoms with Gasteiger partial charge < -0.3 is 20.5 Å². The fraction of sp³-hybridized carbons (Fsp3) is 0.667. The Morgan fingerprint density at radius 1 is 1.33 bits per heavy atom. The maximum atomic E-state index is 12.0. The number of carbonyl (C=O) groups excluding carboxylic acids is 1. The molecule has 0 radical (unpaired) electrons. The lowest BCUT2D eigenvalue weighted by atomic mass is 9.99. The number of amides is 1. The molecule has 1 unspecified atom stereocenters. The molecule has 21 heavy (non-hydrogen) atoms. The maximum Gasteiger partial charge on any atom is 0.410 e. The van der Waals surface area contributed by atoms with E-state index >= 15 is 0 Å². The van der Waals surface area contributed by atoms with Gasteiger partial charge in [-0.3, -0.25) is 4.90 Å². The second-order valence-electron chi connectivity index (χ2n) is 6.61.